The molecular formula is C16H21BrFN7O4S. The smallest absolute Gasteiger partial charge is 0.279 e. The van der Waals surface area contributed by atoms with Crippen molar-refractivity contribution in [3.05, 3.63) is 34.2 Å². The lowest BCUT2D eigenvalue weighted by atomic mass is 9.99. The number of nitrogens with one attached hydrogen (secondary N) is 3. The molecule has 1 aromatic heterocycles. The molecule has 0 saturated carbocycles. The number of aromatic nitrogens is 2. The topological polar surface area (TPSA) is 145 Å². The first-order valence-electron chi connectivity index (χ1n) is 9.09. The first-order chi connectivity index (χ1) is 14.3. The quantitative estimate of drug-likeness (QED) is 0.228. The van der Waals surface area contributed by atoms with Crippen LogP contribution in [0, 0.1) is 11.7 Å². The lowest BCUT2D eigenvalue weighted by Crippen LogP contribution is -2.54. The predicted octanol–water partition coefficient (Wildman–Crippen LogP) is 1.62. The van der Waals surface area contributed by atoms with Crippen molar-refractivity contribution in [1.82, 2.24) is 24.8 Å². The van der Waals surface area contributed by atoms with Crippen molar-refractivity contribution in [2.24, 2.45) is 10.9 Å². The van der Waals surface area contributed by atoms with Crippen LogP contribution in [0.3, 0.4) is 0 Å². The molecule has 0 unspecified atom stereocenters. The van der Waals surface area contributed by atoms with Crippen LogP contribution in [0.2, 0.25) is 0 Å². The van der Waals surface area contributed by atoms with Crippen LogP contribution in [0.5, 0.6) is 0 Å². The van der Waals surface area contributed by atoms with Crippen molar-refractivity contribution < 1.29 is 22.6 Å². The Morgan fingerprint density at radius 1 is 1.43 bits per heavy atom. The molecule has 0 radical (unpaired) electrons. The molecule has 1 fully saturated rings. The van der Waals surface area contributed by atoms with Crippen LogP contribution in [0.1, 0.15) is 19.0 Å². The van der Waals surface area contributed by atoms with E-state index in [1.165, 1.54) is 22.5 Å². The Bertz CT molecular complexity index is 1010. The molecule has 11 nitrogen and oxygen atoms in total. The second kappa shape index (κ2) is 9.78. The summed E-state index contributed by atoms with van der Waals surface area (Å²) in [5.74, 6) is -0.00241. The van der Waals surface area contributed by atoms with E-state index in [1.807, 2.05) is 5.48 Å². The van der Waals surface area contributed by atoms with Crippen molar-refractivity contribution in [3.63, 3.8) is 0 Å². The molecule has 3 rings (SSSR count). The number of halogens is 2. The average Bonchev–Trinajstić information content (AvgIpc) is 3.12. The number of anilines is 1. The lowest BCUT2D eigenvalue weighted by Gasteiger charge is -2.37. The molecular weight excluding hydrogens is 485 g/mol. The normalized spacial score (nSPS) is 15.8. The predicted molar refractivity (Wildman–Crippen MR) is 110 cm³/mol. The second-order valence-electron chi connectivity index (χ2n) is 6.53. The molecule has 1 aromatic carbocycles. The molecule has 0 amide bonds. The van der Waals surface area contributed by atoms with Gasteiger partial charge >= 0.3 is 0 Å². The van der Waals surface area contributed by atoms with Gasteiger partial charge < -0.3 is 5.32 Å². The molecule has 4 N–H and O–H groups in total. The maximum Gasteiger partial charge on any atom is 0.279 e. The Morgan fingerprint density at radius 3 is 2.87 bits per heavy atom. The molecule has 1 aliphatic heterocycles. The fourth-order valence-electron chi connectivity index (χ4n) is 2.84. The number of hydroxylamine groups is 1. The van der Waals surface area contributed by atoms with Gasteiger partial charge in [0, 0.05) is 26.2 Å². The van der Waals surface area contributed by atoms with Gasteiger partial charge in [0.1, 0.15) is 5.82 Å². The number of rotatable bonds is 9. The molecule has 0 bridgehead atoms. The highest BCUT2D eigenvalue weighted by Crippen LogP contribution is 2.24. The molecule has 0 aliphatic carbocycles. The molecule has 1 aliphatic rings. The summed E-state index contributed by atoms with van der Waals surface area (Å²) in [6.45, 7) is 3.47. The van der Waals surface area contributed by atoms with E-state index in [1.54, 1.807) is 6.92 Å². The minimum absolute atomic E-state index is 0.0381. The van der Waals surface area contributed by atoms with Crippen LogP contribution in [0.15, 0.2) is 32.3 Å². The summed E-state index contributed by atoms with van der Waals surface area (Å²) in [6.07, 6.45) is 0.703. The number of aliphatic imine (C=N–C) groups is 1. The van der Waals surface area contributed by atoms with E-state index < -0.39 is 16.0 Å². The van der Waals surface area contributed by atoms with Crippen molar-refractivity contribution in [2.75, 3.05) is 31.5 Å². The number of hydrogen-bond donors (Lipinski definition) is 4. The fourth-order valence-corrected chi connectivity index (χ4v) is 4.57. The summed E-state index contributed by atoms with van der Waals surface area (Å²) >= 11 is 3.08. The van der Waals surface area contributed by atoms with Gasteiger partial charge in [-0.3, -0.25) is 10.7 Å². The second-order valence-corrected chi connectivity index (χ2v) is 9.14. The maximum absolute atomic E-state index is 13.4. The third-order valence-electron chi connectivity index (χ3n) is 4.40. The standard InChI is InChI=1S/C16H21BrFN7O4S/c1-2-20-30(27,28)25-8-10(9-25)5-6-19-15-14(23-29-24-15)16(22-26)21-11-3-4-13(18)12(17)7-11/h3-4,7,10,20,26H,2,5-6,8-9H2,1H3,(H,19,24)(H,21,22). The van der Waals surface area contributed by atoms with Gasteiger partial charge in [0.25, 0.3) is 10.2 Å². The van der Waals surface area contributed by atoms with Gasteiger partial charge in [0.05, 0.1) is 10.2 Å². The van der Waals surface area contributed by atoms with Crippen LogP contribution in [-0.4, -0.2) is 60.3 Å². The molecule has 164 valence electrons. The van der Waals surface area contributed by atoms with Crippen LogP contribution < -0.4 is 15.5 Å². The van der Waals surface area contributed by atoms with Crippen LogP contribution >= 0.6 is 15.9 Å². The maximum atomic E-state index is 13.4. The Balaban J connectivity index is 1.57. The van der Waals surface area contributed by atoms with E-state index >= 15 is 0 Å². The highest BCUT2D eigenvalue weighted by atomic mass is 79.9. The highest BCUT2D eigenvalue weighted by Gasteiger charge is 2.34. The van der Waals surface area contributed by atoms with Gasteiger partial charge in [-0.05, 0) is 56.8 Å². The van der Waals surface area contributed by atoms with Crippen LogP contribution in [0.4, 0.5) is 15.9 Å². The van der Waals surface area contributed by atoms with Gasteiger partial charge in [0.2, 0.25) is 5.82 Å². The zero-order valence-corrected chi connectivity index (χ0v) is 18.4. The minimum Gasteiger partial charge on any atom is -0.365 e. The minimum atomic E-state index is -3.38. The van der Waals surface area contributed by atoms with E-state index in [9.17, 15) is 18.0 Å². The van der Waals surface area contributed by atoms with Crippen molar-refractivity contribution in [3.8, 4) is 0 Å². The molecule has 0 spiro atoms. The fraction of sp³-hybridized carbons (Fsp3) is 0.438. The number of hydrogen-bond acceptors (Lipinski definition) is 8. The third kappa shape index (κ3) is 5.31. The summed E-state index contributed by atoms with van der Waals surface area (Å²) in [5.41, 5.74) is 2.45. The summed E-state index contributed by atoms with van der Waals surface area (Å²) in [4.78, 5) is 4.18. The number of benzene rings is 1. The molecule has 2 heterocycles. The van der Waals surface area contributed by atoms with Crippen LogP contribution in [-0.2, 0) is 10.2 Å². The van der Waals surface area contributed by atoms with E-state index in [-0.39, 0.29) is 27.7 Å². The Morgan fingerprint density at radius 2 is 2.20 bits per heavy atom. The first-order valence-corrected chi connectivity index (χ1v) is 11.3. The zero-order valence-electron chi connectivity index (χ0n) is 16.0. The number of amidine groups is 1. The van der Waals surface area contributed by atoms with Crippen molar-refractivity contribution >= 4 is 43.5 Å². The first kappa shape index (κ1) is 22.6. The van der Waals surface area contributed by atoms with E-state index in [0.717, 1.165) is 0 Å². The van der Waals surface area contributed by atoms with Gasteiger partial charge in [-0.1, -0.05) is 6.92 Å². The van der Waals surface area contributed by atoms with E-state index in [2.05, 4.69) is 41.3 Å². The summed E-state index contributed by atoms with van der Waals surface area (Å²) < 4.78 is 45.9. The van der Waals surface area contributed by atoms with Gasteiger partial charge in [-0.2, -0.15) is 12.7 Å². The molecule has 1 saturated heterocycles. The molecule has 30 heavy (non-hydrogen) atoms. The Kier molecular flexibility index (Phi) is 7.36. The number of nitrogens with zero attached hydrogens (tertiary/aromatic N) is 4. The Hall–Kier alpha value is -2.13. The zero-order chi connectivity index (χ0) is 21.7. The Labute approximate surface area is 181 Å². The largest absolute Gasteiger partial charge is 0.365 e. The van der Waals surface area contributed by atoms with Gasteiger partial charge in [0.15, 0.2) is 11.5 Å². The molecule has 0 atom stereocenters. The summed E-state index contributed by atoms with van der Waals surface area (Å²) in [5, 5.41) is 20.0. The van der Waals surface area contributed by atoms with Crippen molar-refractivity contribution in [1.29, 1.82) is 0 Å². The molecule has 14 heteroatoms. The summed E-state index contributed by atoms with van der Waals surface area (Å²) in [6, 6.07) is 4.11. The highest BCUT2D eigenvalue weighted by molar-refractivity contribution is 9.10. The van der Waals surface area contributed by atoms with Crippen LogP contribution in [0.25, 0.3) is 0 Å². The van der Waals surface area contributed by atoms with E-state index in [0.29, 0.717) is 38.3 Å². The SMILES string of the molecule is CCNS(=O)(=O)N1CC(CCNc2nonc2C(=Nc2ccc(F)c(Br)c2)NO)C1. The summed E-state index contributed by atoms with van der Waals surface area (Å²) in [7, 11) is -3.38. The average molecular weight is 506 g/mol. The van der Waals surface area contributed by atoms with E-state index in [4.69, 9.17) is 4.63 Å². The van der Waals surface area contributed by atoms with Crippen molar-refractivity contribution in [2.45, 2.75) is 13.3 Å². The van der Waals surface area contributed by atoms with Gasteiger partial charge in [-0.25, -0.2) is 18.7 Å². The lowest BCUT2D eigenvalue weighted by molar-refractivity contribution is 0.191. The van der Waals surface area contributed by atoms with Gasteiger partial charge in [-0.15, -0.1) is 0 Å². The third-order valence-corrected chi connectivity index (χ3v) is 6.64. The molecule has 2 aromatic rings. The monoisotopic (exact) mass is 505 g/mol.